The average Bonchev–Trinajstić information content (AvgIpc) is 2.99. The lowest BCUT2D eigenvalue weighted by Gasteiger charge is -2.30. The quantitative estimate of drug-likeness (QED) is 0.897. The zero-order valence-corrected chi connectivity index (χ0v) is 12.1. The van der Waals surface area contributed by atoms with Crippen molar-refractivity contribution in [2.45, 2.75) is 32.0 Å². The number of fused-ring (bicyclic) bond motifs is 1. The number of hydrogen-bond donors (Lipinski definition) is 1. The van der Waals surface area contributed by atoms with Crippen molar-refractivity contribution in [2.75, 3.05) is 23.9 Å². The number of carbonyl (C=O) groups is 2. The van der Waals surface area contributed by atoms with Gasteiger partial charge in [0.2, 0.25) is 0 Å². The van der Waals surface area contributed by atoms with Gasteiger partial charge in [-0.15, -0.1) is 0 Å². The van der Waals surface area contributed by atoms with Gasteiger partial charge in [-0.25, -0.2) is 0 Å². The largest absolute Gasteiger partial charge is 0.479 e. The minimum atomic E-state index is -0.522. The van der Waals surface area contributed by atoms with Gasteiger partial charge in [-0.05, 0) is 31.9 Å². The summed E-state index contributed by atoms with van der Waals surface area (Å²) in [6, 6.07) is 5.26. The molecule has 0 aromatic heterocycles. The molecule has 21 heavy (non-hydrogen) atoms. The van der Waals surface area contributed by atoms with Gasteiger partial charge in [0, 0.05) is 25.4 Å². The highest BCUT2D eigenvalue weighted by molar-refractivity contribution is 6.00. The van der Waals surface area contributed by atoms with E-state index in [1.54, 1.807) is 37.1 Å². The standard InChI is InChI=1S/C15H18N2O4/c1-9-15(19)17(2)11-6-5-10(8-13(11)21-9)16-14(18)12-4-3-7-20-12/h5-6,8-9,12H,3-4,7H2,1-2H3,(H,16,18). The third kappa shape index (κ3) is 2.58. The van der Waals surface area contributed by atoms with Gasteiger partial charge >= 0.3 is 0 Å². The van der Waals surface area contributed by atoms with Crippen molar-refractivity contribution >= 4 is 23.2 Å². The Balaban J connectivity index is 1.78. The maximum absolute atomic E-state index is 12.0. The number of ether oxygens (including phenoxy) is 2. The average molecular weight is 290 g/mol. The Kier molecular flexibility index (Phi) is 3.55. The molecule has 2 aliphatic rings. The summed E-state index contributed by atoms with van der Waals surface area (Å²) in [5.74, 6) is 0.370. The smallest absolute Gasteiger partial charge is 0.267 e. The van der Waals surface area contributed by atoms with Gasteiger partial charge in [-0.2, -0.15) is 0 Å². The molecule has 112 valence electrons. The minimum absolute atomic E-state index is 0.0846. The van der Waals surface area contributed by atoms with Crippen molar-refractivity contribution in [1.29, 1.82) is 0 Å². The van der Waals surface area contributed by atoms with E-state index in [0.29, 0.717) is 23.7 Å². The Morgan fingerprint density at radius 1 is 1.43 bits per heavy atom. The van der Waals surface area contributed by atoms with Crippen LogP contribution in [0.5, 0.6) is 5.75 Å². The lowest BCUT2D eigenvalue weighted by molar-refractivity contribution is -0.125. The second kappa shape index (κ2) is 5.37. The lowest BCUT2D eigenvalue weighted by Crippen LogP contribution is -2.42. The van der Waals surface area contributed by atoms with E-state index >= 15 is 0 Å². The molecule has 0 radical (unpaired) electrons. The molecule has 1 saturated heterocycles. The van der Waals surface area contributed by atoms with Crippen LogP contribution in [0.3, 0.4) is 0 Å². The van der Waals surface area contributed by atoms with E-state index in [4.69, 9.17) is 9.47 Å². The zero-order chi connectivity index (χ0) is 15.0. The molecule has 2 amide bonds. The van der Waals surface area contributed by atoms with E-state index in [-0.39, 0.29) is 17.9 Å². The molecule has 6 nitrogen and oxygen atoms in total. The molecule has 0 aliphatic carbocycles. The van der Waals surface area contributed by atoms with Gasteiger partial charge in [0.25, 0.3) is 11.8 Å². The first kappa shape index (κ1) is 13.9. The second-order valence-electron chi connectivity index (χ2n) is 5.33. The molecule has 1 aromatic carbocycles. The summed E-state index contributed by atoms with van der Waals surface area (Å²) in [7, 11) is 1.71. The molecule has 6 heteroatoms. The number of nitrogens with one attached hydrogen (secondary N) is 1. The number of amides is 2. The molecule has 2 atom stereocenters. The van der Waals surface area contributed by atoms with E-state index in [1.165, 1.54) is 0 Å². The Morgan fingerprint density at radius 2 is 2.24 bits per heavy atom. The van der Waals surface area contributed by atoms with Crippen molar-refractivity contribution in [1.82, 2.24) is 0 Å². The topological polar surface area (TPSA) is 67.9 Å². The molecule has 1 N–H and O–H groups in total. The van der Waals surface area contributed by atoms with Crippen LogP contribution in [0.1, 0.15) is 19.8 Å². The van der Waals surface area contributed by atoms with Crippen molar-refractivity contribution in [3.8, 4) is 5.75 Å². The highest BCUT2D eigenvalue weighted by Gasteiger charge is 2.29. The molecule has 1 fully saturated rings. The fourth-order valence-electron chi connectivity index (χ4n) is 2.60. The molecular formula is C15H18N2O4. The van der Waals surface area contributed by atoms with Gasteiger partial charge in [0.1, 0.15) is 11.9 Å². The fraction of sp³-hybridized carbons (Fsp3) is 0.467. The molecule has 2 heterocycles. The molecule has 3 rings (SSSR count). The number of rotatable bonds is 2. The van der Waals surface area contributed by atoms with E-state index in [0.717, 1.165) is 12.8 Å². The van der Waals surface area contributed by atoms with Gasteiger partial charge in [0.15, 0.2) is 6.10 Å². The molecule has 0 spiro atoms. The summed E-state index contributed by atoms with van der Waals surface area (Å²) in [5, 5.41) is 2.83. The number of anilines is 2. The predicted octanol–water partition coefficient (Wildman–Crippen LogP) is 1.55. The highest BCUT2D eigenvalue weighted by atomic mass is 16.5. The Morgan fingerprint density at radius 3 is 2.95 bits per heavy atom. The predicted molar refractivity (Wildman–Crippen MR) is 77.5 cm³/mol. The first-order valence-electron chi connectivity index (χ1n) is 7.07. The maximum Gasteiger partial charge on any atom is 0.267 e. The number of nitrogens with zero attached hydrogens (tertiary/aromatic N) is 1. The highest BCUT2D eigenvalue weighted by Crippen LogP contribution is 2.35. The summed E-state index contributed by atoms with van der Waals surface area (Å²) in [5.41, 5.74) is 1.34. The normalized spacial score (nSPS) is 24.5. The fourth-order valence-corrected chi connectivity index (χ4v) is 2.60. The van der Waals surface area contributed by atoms with E-state index in [1.807, 2.05) is 0 Å². The van der Waals surface area contributed by atoms with Crippen molar-refractivity contribution in [2.24, 2.45) is 0 Å². The minimum Gasteiger partial charge on any atom is -0.479 e. The Labute approximate surface area is 123 Å². The van der Waals surface area contributed by atoms with Crippen LogP contribution in [0.25, 0.3) is 0 Å². The summed E-state index contributed by atoms with van der Waals surface area (Å²) in [4.78, 5) is 25.4. The van der Waals surface area contributed by atoms with Crippen LogP contribution in [-0.2, 0) is 14.3 Å². The van der Waals surface area contributed by atoms with Crippen LogP contribution in [0.2, 0.25) is 0 Å². The summed E-state index contributed by atoms with van der Waals surface area (Å²) < 4.78 is 10.9. The lowest BCUT2D eigenvalue weighted by atomic mass is 10.1. The molecule has 0 bridgehead atoms. The number of benzene rings is 1. The summed E-state index contributed by atoms with van der Waals surface area (Å²) in [6.07, 6.45) is 0.772. The van der Waals surface area contributed by atoms with E-state index < -0.39 is 6.10 Å². The van der Waals surface area contributed by atoms with Gasteiger partial charge in [0.05, 0.1) is 5.69 Å². The van der Waals surface area contributed by atoms with Gasteiger partial charge in [-0.3, -0.25) is 9.59 Å². The molecule has 1 aromatic rings. The molecule has 2 aliphatic heterocycles. The summed E-state index contributed by atoms with van der Waals surface area (Å²) >= 11 is 0. The second-order valence-corrected chi connectivity index (χ2v) is 5.33. The Hall–Kier alpha value is -2.08. The zero-order valence-electron chi connectivity index (χ0n) is 12.1. The number of carbonyl (C=O) groups excluding carboxylic acids is 2. The molecular weight excluding hydrogens is 272 g/mol. The first-order valence-corrected chi connectivity index (χ1v) is 7.07. The van der Waals surface area contributed by atoms with Gasteiger partial charge < -0.3 is 19.7 Å². The van der Waals surface area contributed by atoms with Crippen LogP contribution in [0.15, 0.2) is 18.2 Å². The number of likely N-dealkylation sites (N-methyl/N-ethyl adjacent to an activating group) is 1. The van der Waals surface area contributed by atoms with Gasteiger partial charge in [-0.1, -0.05) is 0 Å². The monoisotopic (exact) mass is 290 g/mol. The van der Waals surface area contributed by atoms with Crippen LogP contribution < -0.4 is 15.0 Å². The molecule has 0 saturated carbocycles. The van der Waals surface area contributed by atoms with Crippen LogP contribution in [0, 0.1) is 0 Å². The summed E-state index contributed by atoms with van der Waals surface area (Å²) in [6.45, 7) is 2.34. The van der Waals surface area contributed by atoms with E-state index in [9.17, 15) is 9.59 Å². The SMILES string of the molecule is CC1Oc2cc(NC(=O)C3CCCO3)ccc2N(C)C1=O. The van der Waals surface area contributed by atoms with Crippen molar-refractivity contribution < 1.29 is 19.1 Å². The van der Waals surface area contributed by atoms with E-state index in [2.05, 4.69) is 5.32 Å². The number of hydrogen-bond acceptors (Lipinski definition) is 4. The van der Waals surface area contributed by atoms with Crippen LogP contribution in [-0.4, -0.2) is 37.7 Å². The van der Waals surface area contributed by atoms with Crippen LogP contribution in [0.4, 0.5) is 11.4 Å². The maximum atomic E-state index is 12.0. The third-order valence-corrected chi connectivity index (χ3v) is 3.79. The van der Waals surface area contributed by atoms with Crippen molar-refractivity contribution in [3.63, 3.8) is 0 Å². The Bertz CT molecular complexity index is 581. The molecule has 2 unspecified atom stereocenters. The van der Waals surface area contributed by atoms with Crippen LogP contribution >= 0.6 is 0 Å². The van der Waals surface area contributed by atoms with Crippen molar-refractivity contribution in [3.05, 3.63) is 18.2 Å². The third-order valence-electron chi connectivity index (χ3n) is 3.79. The first-order chi connectivity index (χ1) is 10.1.